The summed E-state index contributed by atoms with van der Waals surface area (Å²) in [6.07, 6.45) is 4.94. The number of hydrogen-bond donors (Lipinski definition) is 4. The Balaban J connectivity index is 1.26. The molecule has 39 heavy (non-hydrogen) atoms. The molecule has 1 saturated heterocycles. The maximum absolute atomic E-state index is 14.1. The first-order chi connectivity index (χ1) is 19.0. The number of nitrogens with one attached hydrogen (secondary N) is 4. The molecule has 6 rings (SSSR count). The second kappa shape index (κ2) is 10.7. The van der Waals surface area contributed by atoms with E-state index in [1.807, 2.05) is 55.6 Å². The molecular weight excluding hydrogens is 484 g/mol. The lowest BCUT2D eigenvalue weighted by atomic mass is 9.68. The van der Waals surface area contributed by atoms with Crippen molar-refractivity contribution in [3.63, 3.8) is 0 Å². The van der Waals surface area contributed by atoms with E-state index in [0.29, 0.717) is 19.4 Å². The van der Waals surface area contributed by atoms with Crippen molar-refractivity contribution in [2.24, 2.45) is 5.92 Å². The summed E-state index contributed by atoms with van der Waals surface area (Å²) in [4.78, 5) is 31.0. The van der Waals surface area contributed by atoms with Crippen LogP contribution >= 0.6 is 0 Å². The molecule has 4 N–H and O–H groups in total. The summed E-state index contributed by atoms with van der Waals surface area (Å²) < 4.78 is 0. The van der Waals surface area contributed by atoms with E-state index in [-0.39, 0.29) is 23.1 Å². The monoisotopic (exact) mass is 520 g/mol. The predicted octanol–water partition coefficient (Wildman–Crippen LogP) is 4.31. The summed E-state index contributed by atoms with van der Waals surface area (Å²) in [6, 6.07) is 24.1. The first kappa shape index (κ1) is 25.4. The first-order valence-electron chi connectivity index (χ1n) is 14.0. The largest absolute Gasteiger partial charge is 0.361 e. The third-order valence-electron chi connectivity index (χ3n) is 8.78. The summed E-state index contributed by atoms with van der Waals surface area (Å²) in [5.41, 5.74) is 6.64. The van der Waals surface area contributed by atoms with Crippen molar-refractivity contribution < 1.29 is 9.59 Å². The number of piperidine rings is 1. The Labute approximate surface area is 229 Å². The molecule has 2 heterocycles. The molecule has 1 aliphatic carbocycles. The van der Waals surface area contributed by atoms with Gasteiger partial charge in [-0.05, 0) is 67.6 Å². The number of rotatable bonds is 7. The highest BCUT2D eigenvalue weighted by atomic mass is 16.2. The van der Waals surface area contributed by atoms with Gasteiger partial charge in [-0.25, -0.2) is 0 Å². The Morgan fingerprint density at radius 3 is 2.54 bits per heavy atom. The van der Waals surface area contributed by atoms with Gasteiger partial charge in [-0.2, -0.15) is 0 Å². The molecule has 0 radical (unpaired) electrons. The Morgan fingerprint density at radius 1 is 0.974 bits per heavy atom. The zero-order chi connectivity index (χ0) is 26.8. The molecule has 2 amide bonds. The summed E-state index contributed by atoms with van der Waals surface area (Å²) in [5, 5.41) is 10.9. The van der Waals surface area contributed by atoms with E-state index in [0.717, 1.165) is 48.0 Å². The molecular formula is C33H36N4O2. The minimum absolute atomic E-state index is 0.0246. The smallest absolute Gasteiger partial charge is 0.243 e. The van der Waals surface area contributed by atoms with Crippen molar-refractivity contribution in [3.05, 3.63) is 107 Å². The van der Waals surface area contributed by atoms with Gasteiger partial charge >= 0.3 is 0 Å². The lowest BCUT2D eigenvalue weighted by molar-refractivity contribution is -0.132. The van der Waals surface area contributed by atoms with E-state index in [1.165, 1.54) is 16.7 Å². The molecule has 6 nitrogen and oxygen atoms in total. The first-order valence-corrected chi connectivity index (χ1v) is 14.0. The second-order valence-corrected chi connectivity index (χ2v) is 11.1. The normalized spacial score (nSPS) is 18.5. The topological polar surface area (TPSA) is 86.0 Å². The summed E-state index contributed by atoms with van der Waals surface area (Å²) in [5.74, 6) is -0.375. The van der Waals surface area contributed by atoms with Gasteiger partial charge in [0.1, 0.15) is 6.04 Å². The third-order valence-corrected chi connectivity index (χ3v) is 8.78. The van der Waals surface area contributed by atoms with Crippen LogP contribution in [0.25, 0.3) is 10.9 Å². The van der Waals surface area contributed by atoms with E-state index < -0.39 is 6.04 Å². The van der Waals surface area contributed by atoms with Gasteiger partial charge in [-0.1, -0.05) is 72.3 Å². The second-order valence-electron chi connectivity index (χ2n) is 11.1. The number of H-pyrrole nitrogens is 1. The number of benzene rings is 3. The summed E-state index contributed by atoms with van der Waals surface area (Å²) >= 11 is 0. The van der Waals surface area contributed by atoms with Crippen LogP contribution in [0.2, 0.25) is 0 Å². The Morgan fingerprint density at radius 2 is 1.72 bits per heavy atom. The minimum Gasteiger partial charge on any atom is -0.361 e. The molecule has 6 heteroatoms. The number of aromatic amines is 1. The van der Waals surface area contributed by atoms with Crippen LogP contribution in [-0.4, -0.2) is 35.9 Å². The van der Waals surface area contributed by atoms with Gasteiger partial charge in [-0.15, -0.1) is 0 Å². The Hall–Kier alpha value is -3.90. The fourth-order valence-electron chi connectivity index (χ4n) is 6.64. The maximum Gasteiger partial charge on any atom is 0.243 e. The maximum atomic E-state index is 14.1. The molecule has 1 aliphatic heterocycles. The molecule has 0 saturated carbocycles. The number of aryl methyl sites for hydroxylation is 1. The van der Waals surface area contributed by atoms with Gasteiger partial charge < -0.3 is 20.9 Å². The number of amides is 2. The molecule has 3 aromatic carbocycles. The highest BCUT2D eigenvalue weighted by molar-refractivity contribution is 5.91. The van der Waals surface area contributed by atoms with Crippen LogP contribution in [0.15, 0.2) is 79.0 Å². The summed E-state index contributed by atoms with van der Waals surface area (Å²) in [6.45, 7) is 4.26. The highest BCUT2D eigenvalue weighted by Crippen LogP contribution is 2.49. The third kappa shape index (κ3) is 4.97. The van der Waals surface area contributed by atoms with Crippen LogP contribution in [0.4, 0.5) is 0 Å². The zero-order valence-corrected chi connectivity index (χ0v) is 22.4. The van der Waals surface area contributed by atoms with E-state index in [4.69, 9.17) is 0 Å². The zero-order valence-electron chi connectivity index (χ0n) is 22.4. The molecule has 2 aliphatic rings. The van der Waals surface area contributed by atoms with Crippen molar-refractivity contribution in [2.45, 2.75) is 50.6 Å². The Bertz CT molecular complexity index is 1480. The van der Waals surface area contributed by atoms with E-state index in [1.54, 1.807) is 0 Å². The van der Waals surface area contributed by atoms with Crippen molar-refractivity contribution in [1.82, 2.24) is 20.9 Å². The lowest BCUT2D eigenvalue weighted by Gasteiger charge is -2.40. The van der Waals surface area contributed by atoms with Crippen LogP contribution in [0.3, 0.4) is 0 Å². The quantitative estimate of drug-likeness (QED) is 0.293. The number of para-hydroxylation sites is 1. The van der Waals surface area contributed by atoms with Gasteiger partial charge in [-0.3, -0.25) is 9.59 Å². The number of carbonyl (C=O) groups is 2. The number of carbonyl (C=O) groups excluding carboxylic acids is 2. The van der Waals surface area contributed by atoms with E-state index >= 15 is 0 Å². The fourth-order valence-corrected chi connectivity index (χ4v) is 6.64. The van der Waals surface area contributed by atoms with Gasteiger partial charge in [0.2, 0.25) is 11.8 Å². The lowest BCUT2D eigenvalue weighted by Crippen LogP contribution is -2.54. The Kier molecular flexibility index (Phi) is 6.96. The molecule has 2 atom stereocenters. The van der Waals surface area contributed by atoms with Crippen molar-refractivity contribution in [3.8, 4) is 0 Å². The van der Waals surface area contributed by atoms with Gasteiger partial charge in [0.25, 0.3) is 0 Å². The molecule has 1 spiro atoms. The molecule has 1 unspecified atom stereocenters. The highest BCUT2D eigenvalue weighted by Gasteiger charge is 2.50. The van der Waals surface area contributed by atoms with Crippen LogP contribution < -0.4 is 16.0 Å². The molecule has 1 aromatic heterocycles. The van der Waals surface area contributed by atoms with Gasteiger partial charge in [0, 0.05) is 35.5 Å². The predicted molar refractivity (Wildman–Crippen MR) is 154 cm³/mol. The standard InChI is InChI=1S/C33H36N4O2/c1-22-10-12-23(13-11-22)20-36-32(39)30(19-25-21-35-29-9-5-3-7-26(25)29)37-31(38)28-18-24-6-2-4-8-27(24)33(28)14-16-34-17-15-33/h2-13,21,28,30,34-35H,14-20H2,1H3,(H,36,39)(H,37,38)/t28?,30-/m0/s1. The van der Waals surface area contributed by atoms with Gasteiger partial charge in [0.15, 0.2) is 0 Å². The van der Waals surface area contributed by atoms with Gasteiger partial charge in [0.05, 0.1) is 5.92 Å². The van der Waals surface area contributed by atoms with Crippen LogP contribution in [0.1, 0.15) is 40.7 Å². The summed E-state index contributed by atoms with van der Waals surface area (Å²) in [7, 11) is 0. The molecule has 0 bridgehead atoms. The number of hydrogen-bond acceptors (Lipinski definition) is 3. The van der Waals surface area contributed by atoms with Crippen LogP contribution in [0, 0.1) is 12.8 Å². The minimum atomic E-state index is -0.676. The number of aromatic nitrogens is 1. The SMILES string of the molecule is Cc1ccc(CNC(=O)[C@H](Cc2c[nH]c3ccccc23)NC(=O)C2Cc3ccccc3C23CCNCC3)cc1. The molecule has 1 fully saturated rings. The van der Waals surface area contributed by atoms with E-state index in [2.05, 4.69) is 51.3 Å². The van der Waals surface area contributed by atoms with E-state index in [9.17, 15) is 9.59 Å². The van der Waals surface area contributed by atoms with Crippen molar-refractivity contribution >= 4 is 22.7 Å². The molecule has 200 valence electrons. The average Bonchev–Trinajstić information content (AvgIpc) is 3.52. The average molecular weight is 521 g/mol. The fraction of sp³-hybridized carbons (Fsp3) is 0.333. The number of fused-ring (bicyclic) bond motifs is 3. The van der Waals surface area contributed by atoms with Crippen LogP contribution in [0.5, 0.6) is 0 Å². The van der Waals surface area contributed by atoms with Crippen molar-refractivity contribution in [1.29, 1.82) is 0 Å². The van der Waals surface area contributed by atoms with Crippen molar-refractivity contribution in [2.75, 3.05) is 13.1 Å². The molecule has 4 aromatic rings. The van der Waals surface area contributed by atoms with Crippen LogP contribution in [-0.2, 0) is 34.4 Å².